The predicted octanol–water partition coefficient (Wildman–Crippen LogP) is 2.04. The second-order valence-electron chi connectivity index (χ2n) is 3.14. The Morgan fingerprint density at radius 3 is 2.93 bits per heavy atom. The summed E-state index contributed by atoms with van der Waals surface area (Å²) in [5.74, 6) is -0.865. The summed E-state index contributed by atoms with van der Waals surface area (Å²) in [6, 6.07) is 1.72. The molecule has 0 atom stereocenters. The zero-order valence-corrected chi connectivity index (χ0v) is 9.24. The van der Waals surface area contributed by atoms with E-state index in [-0.39, 0.29) is 6.54 Å². The number of aromatic nitrogens is 1. The van der Waals surface area contributed by atoms with E-state index in [9.17, 15) is 4.79 Å². The smallest absolute Gasteiger partial charge is 0.323 e. The van der Waals surface area contributed by atoms with Crippen LogP contribution in [0.1, 0.15) is 13.3 Å². The molecule has 0 saturated heterocycles. The minimum Gasteiger partial charge on any atom is -0.480 e. The molecule has 82 valence electrons. The molecule has 1 rings (SSSR count). The quantitative estimate of drug-likeness (QED) is 0.838. The van der Waals surface area contributed by atoms with Crippen LogP contribution in [0.15, 0.2) is 18.5 Å². The summed E-state index contributed by atoms with van der Waals surface area (Å²) >= 11 is 5.94. The lowest BCUT2D eigenvalue weighted by atomic mass is 10.3. The van der Waals surface area contributed by atoms with Crippen LogP contribution in [0, 0.1) is 0 Å². The largest absolute Gasteiger partial charge is 0.480 e. The highest BCUT2D eigenvalue weighted by atomic mass is 35.5. The Hall–Kier alpha value is -1.29. The first-order chi connectivity index (χ1) is 7.15. The summed E-state index contributed by atoms with van der Waals surface area (Å²) < 4.78 is 0. The Morgan fingerprint density at radius 2 is 2.40 bits per heavy atom. The van der Waals surface area contributed by atoms with E-state index in [1.54, 1.807) is 17.2 Å². The molecule has 15 heavy (non-hydrogen) atoms. The Kier molecular flexibility index (Phi) is 4.37. The van der Waals surface area contributed by atoms with Gasteiger partial charge in [-0.05, 0) is 12.5 Å². The van der Waals surface area contributed by atoms with Crippen LogP contribution in [0.25, 0.3) is 0 Å². The number of anilines is 1. The Morgan fingerprint density at radius 1 is 1.67 bits per heavy atom. The molecule has 1 aromatic rings. The molecule has 4 nitrogen and oxygen atoms in total. The van der Waals surface area contributed by atoms with Gasteiger partial charge in [-0.15, -0.1) is 0 Å². The second-order valence-corrected chi connectivity index (χ2v) is 3.55. The summed E-state index contributed by atoms with van der Waals surface area (Å²) in [7, 11) is 0. The van der Waals surface area contributed by atoms with Crippen molar-refractivity contribution in [3.05, 3.63) is 23.5 Å². The van der Waals surface area contributed by atoms with Crippen LogP contribution in [-0.2, 0) is 4.79 Å². The van der Waals surface area contributed by atoms with Crippen molar-refractivity contribution in [3.63, 3.8) is 0 Å². The number of carboxylic acid groups (broad SMARTS) is 1. The van der Waals surface area contributed by atoms with Crippen LogP contribution in [0.4, 0.5) is 5.69 Å². The summed E-state index contributed by atoms with van der Waals surface area (Å²) in [4.78, 5) is 16.3. The number of rotatable bonds is 5. The Balaban J connectivity index is 2.88. The molecule has 0 spiro atoms. The summed E-state index contributed by atoms with van der Waals surface area (Å²) in [6.07, 6.45) is 3.99. The lowest BCUT2D eigenvalue weighted by molar-refractivity contribution is -0.135. The first kappa shape index (κ1) is 11.8. The van der Waals surface area contributed by atoms with Crippen molar-refractivity contribution in [3.8, 4) is 0 Å². The van der Waals surface area contributed by atoms with Gasteiger partial charge < -0.3 is 10.0 Å². The van der Waals surface area contributed by atoms with Crippen molar-refractivity contribution in [2.24, 2.45) is 0 Å². The van der Waals surface area contributed by atoms with E-state index < -0.39 is 5.97 Å². The van der Waals surface area contributed by atoms with Gasteiger partial charge in [0.05, 0.1) is 10.7 Å². The van der Waals surface area contributed by atoms with Crippen LogP contribution in [0.5, 0.6) is 0 Å². The van der Waals surface area contributed by atoms with E-state index in [2.05, 4.69) is 4.98 Å². The fourth-order valence-corrected chi connectivity index (χ4v) is 1.58. The second kappa shape index (κ2) is 5.56. The van der Waals surface area contributed by atoms with Gasteiger partial charge in [0.1, 0.15) is 6.54 Å². The average molecular weight is 229 g/mol. The molecule has 5 heteroatoms. The minimum absolute atomic E-state index is 0.0441. The molecule has 0 aliphatic heterocycles. The highest BCUT2D eigenvalue weighted by Gasteiger charge is 2.12. The first-order valence-electron chi connectivity index (χ1n) is 4.71. The van der Waals surface area contributed by atoms with Gasteiger partial charge in [0.2, 0.25) is 0 Å². The van der Waals surface area contributed by atoms with E-state index in [0.717, 1.165) is 12.1 Å². The number of carbonyl (C=O) groups is 1. The average Bonchev–Trinajstić information content (AvgIpc) is 2.17. The molecule has 0 amide bonds. The van der Waals surface area contributed by atoms with Crippen LogP contribution in [-0.4, -0.2) is 29.1 Å². The number of aliphatic carboxylic acids is 1. The summed E-state index contributed by atoms with van der Waals surface area (Å²) in [5, 5.41) is 9.24. The standard InChI is InChI=1S/C10H13ClN2O2/c1-2-5-13(7-10(14)15)9-3-4-12-6-8(9)11/h3-4,6H,2,5,7H2,1H3,(H,14,15). The molecule has 0 fully saturated rings. The highest BCUT2D eigenvalue weighted by Crippen LogP contribution is 2.23. The van der Waals surface area contributed by atoms with Crippen molar-refractivity contribution < 1.29 is 9.90 Å². The molecule has 1 N–H and O–H groups in total. The van der Waals surface area contributed by atoms with Crippen LogP contribution in [0.2, 0.25) is 5.02 Å². The monoisotopic (exact) mass is 228 g/mol. The Bertz CT molecular complexity index is 344. The molecule has 0 bridgehead atoms. The third-order valence-corrected chi connectivity index (χ3v) is 2.20. The lowest BCUT2D eigenvalue weighted by Gasteiger charge is -2.22. The predicted molar refractivity (Wildman–Crippen MR) is 59.4 cm³/mol. The zero-order chi connectivity index (χ0) is 11.3. The van der Waals surface area contributed by atoms with Crippen molar-refractivity contribution in [2.45, 2.75) is 13.3 Å². The van der Waals surface area contributed by atoms with Gasteiger partial charge in [-0.3, -0.25) is 9.78 Å². The van der Waals surface area contributed by atoms with Crippen molar-refractivity contribution in [2.75, 3.05) is 18.0 Å². The lowest BCUT2D eigenvalue weighted by Crippen LogP contribution is -2.30. The fourth-order valence-electron chi connectivity index (χ4n) is 1.34. The van der Waals surface area contributed by atoms with Gasteiger partial charge in [-0.1, -0.05) is 18.5 Å². The normalized spacial score (nSPS) is 10.0. The maximum atomic E-state index is 10.7. The van der Waals surface area contributed by atoms with Gasteiger partial charge in [-0.25, -0.2) is 0 Å². The number of carboxylic acids is 1. The van der Waals surface area contributed by atoms with Crippen LogP contribution in [0.3, 0.4) is 0 Å². The maximum absolute atomic E-state index is 10.7. The molecule has 0 aliphatic carbocycles. The molecule has 0 aliphatic rings. The van der Waals surface area contributed by atoms with Gasteiger partial charge in [0.25, 0.3) is 0 Å². The molecule has 0 radical (unpaired) electrons. The SMILES string of the molecule is CCCN(CC(=O)O)c1ccncc1Cl. The Labute approximate surface area is 93.5 Å². The fraction of sp³-hybridized carbons (Fsp3) is 0.400. The van der Waals surface area contributed by atoms with E-state index in [1.807, 2.05) is 6.92 Å². The van der Waals surface area contributed by atoms with Gasteiger partial charge in [0, 0.05) is 18.9 Å². The summed E-state index contributed by atoms with van der Waals surface area (Å²) in [5.41, 5.74) is 0.718. The topological polar surface area (TPSA) is 53.4 Å². The van der Waals surface area contributed by atoms with Crippen molar-refractivity contribution >= 4 is 23.3 Å². The van der Waals surface area contributed by atoms with E-state index in [0.29, 0.717) is 11.6 Å². The first-order valence-corrected chi connectivity index (χ1v) is 5.09. The van der Waals surface area contributed by atoms with Gasteiger partial charge in [-0.2, -0.15) is 0 Å². The molecule has 0 aromatic carbocycles. The molecule has 0 saturated carbocycles. The molecular weight excluding hydrogens is 216 g/mol. The number of pyridine rings is 1. The number of nitrogens with zero attached hydrogens (tertiary/aromatic N) is 2. The molecule has 1 heterocycles. The van der Waals surface area contributed by atoms with Gasteiger partial charge in [0.15, 0.2) is 0 Å². The van der Waals surface area contributed by atoms with E-state index in [1.165, 1.54) is 6.20 Å². The van der Waals surface area contributed by atoms with Gasteiger partial charge >= 0.3 is 5.97 Å². The number of halogens is 1. The van der Waals surface area contributed by atoms with Crippen LogP contribution < -0.4 is 4.90 Å². The third kappa shape index (κ3) is 3.40. The summed E-state index contributed by atoms with van der Waals surface area (Å²) in [6.45, 7) is 2.61. The molecule has 0 unspecified atom stereocenters. The van der Waals surface area contributed by atoms with Crippen LogP contribution >= 0.6 is 11.6 Å². The molecule has 1 aromatic heterocycles. The maximum Gasteiger partial charge on any atom is 0.323 e. The van der Waals surface area contributed by atoms with E-state index >= 15 is 0 Å². The van der Waals surface area contributed by atoms with Crippen molar-refractivity contribution in [1.82, 2.24) is 4.98 Å². The van der Waals surface area contributed by atoms with E-state index in [4.69, 9.17) is 16.7 Å². The highest BCUT2D eigenvalue weighted by molar-refractivity contribution is 6.33. The zero-order valence-electron chi connectivity index (χ0n) is 8.48. The van der Waals surface area contributed by atoms with Crippen molar-refractivity contribution in [1.29, 1.82) is 0 Å². The number of hydrogen-bond donors (Lipinski definition) is 1. The third-order valence-electron chi connectivity index (χ3n) is 1.91. The minimum atomic E-state index is -0.865. The number of hydrogen-bond acceptors (Lipinski definition) is 3. The molecular formula is C10H13ClN2O2.